The van der Waals surface area contributed by atoms with Gasteiger partial charge in [-0.2, -0.15) is 0 Å². The van der Waals surface area contributed by atoms with E-state index < -0.39 is 26.5 Å². The third kappa shape index (κ3) is 63.2. The van der Waals surface area contributed by atoms with E-state index in [0.29, 0.717) is 23.9 Å². The molecule has 458 valence electrons. The summed E-state index contributed by atoms with van der Waals surface area (Å²) in [5, 5.41) is 0. The van der Waals surface area contributed by atoms with Crippen molar-refractivity contribution in [3.63, 3.8) is 0 Å². The van der Waals surface area contributed by atoms with Gasteiger partial charge in [-0.3, -0.25) is 18.6 Å². The molecule has 9 nitrogen and oxygen atoms in total. The first-order valence-electron chi connectivity index (χ1n) is 33.4. The number of carbonyl (C=O) groups excluding carboxylic acids is 2. The molecular formula is C68H129NO8P+. The number of unbranched alkanes of at least 4 members (excludes halogenated alkanes) is 40. The molecule has 0 aromatic heterocycles. The Balaban J connectivity index is 4.06. The molecule has 10 heteroatoms. The summed E-state index contributed by atoms with van der Waals surface area (Å²) < 4.78 is 34.7. The molecule has 0 spiro atoms. The lowest BCUT2D eigenvalue weighted by molar-refractivity contribution is -0.870. The molecule has 0 aliphatic carbocycles. The van der Waals surface area contributed by atoms with Crippen LogP contribution in [0.3, 0.4) is 0 Å². The highest BCUT2D eigenvalue weighted by molar-refractivity contribution is 7.47. The highest BCUT2D eigenvalue weighted by atomic mass is 31.2. The lowest BCUT2D eigenvalue weighted by Gasteiger charge is -2.24. The van der Waals surface area contributed by atoms with Gasteiger partial charge in [-0.1, -0.05) is 281 Å². The van der Waals surface area contributed by atoms with E-state index in [1.54, 1.807) is 0 Å². The first kappa shape index (κ1) is 76.0. The standard InChI is InChI=1S/C68H128NO8P/c1-6-8-10-12-14-16-18-20-22-24-26-28-30-32-33-34-35-37-39-41-43-45-47-49-51-53-55-57-59-61-68(71)77-66(65-76-78(72,73)75-63-62-69(3,4)5)64-74-67(70)60-58-56-54-52-50-48-46-44-42-40-38-36-31-29-27-25-23-21-19-17-15-13-11-9-7-2/h18,20,24-27,30,32,66H,6-17,19,21-23,28-29,31,33-65H2,1-5H3/p+1/b20-18-,26-24-,27-25-,32-30-. The zero-order valence-corrected chi connectivity index (χ0v) is 53.1. The number of quaternary nitrogens is 1. The summed E-state index contributed by atoms with van der Waals surface area (Å²) in [7, 11) is 1.49. The SMILES string of the molecule is CCCCCCC/C=C\C/C=C\C/C=C\CCCCCCCCCCCCCCCCC(=O)OC(COC(=O)CCCCCCCCCCCCCCC/C=C\CCCCCCCCCC)COP(=O)(O)OCC[N+](C)(C)C. The van der Waals surface area contributed by atoms with E-state index in [1.165, 1.54) is 244 Å². The number of esters is 2. The average molecular weight is 1120 g/mol. The lowest BCUT2D eigenvalue weighted by Crippen LogP contribution is -2.37. The van der Waals surface area contributed by atoms with E-state index in [1.807, 2.05) is 21.1 Å². The molecule has 0 aliphatic rings. The summed E-state index contributed by atoms with van der Waals surface area (Å²) in [6, 6.07) is 0. The molecule has 0 aliphatic heterocycles. The Morgan fingerprint density at radius 2 is 0.692 bits per heavy atom. The maximum Gasteiger partial charge on any atom is 0.472 e. The van der Waals surface area contributed by atoms with E-state index in [0.717, 1.165) is 44.9 Å². The first-order chi connectivity index (χ1) is 38.0. The fourth-order valence-corrected chi connectivity index (χ4v) is 10.4. The van der Waals surface area contributed by atoms with E-state index in [2.05, 4.69) is 62.5 Å². The molecule has 78 heavy (non-hydrogen) atoms. The van der Waals surface area contributed by atoms with Crippen LogP contribution in [0.25, 0.3) is 0 Å². The Morgan fingerprint density at radius 3 is 1.04 bits per heavy atom. The van der Waals surface area contributed by atoms with E-state index in [9.17, 15) is 19.0 Å². The highest BCUT2D eigenvalue weighted by Crippen LogP contribution is 2.43. The summed E-state index contributed by atoms with van der Waals surface area (Å²) in [6.07, 6.45) is 76.3. The van der Waals surface area contributed by atoms with Gasteiger partial charge in [0.1, 0.15) is 19.8 Å². The van der Waals surface area contributed by atoms with Crippen molar-refractivity contribution in [3.8, 4) is 0 Å². The van der Waals surface area contributed by atoms with Crippen LogP contribution in [0.2, 0.25) is 0 Å². The smallest absolute Gasteiger partial charge is 0.462 e. The molecule has 0 rings (SSSR count). The summed E-state index contributed by atoms with van der Waals surface area (Å²) in [5.74, 6) is -0.784. The van der Waals surface area contributed by atoms with Gasteiger partial charge in [0, 0.05) is 12.8 Å². The van der Waals surface area contributed by atoms with Crippen molar-refractivity contribution in [2.45, 2.75) is 328 Å². The van der Waals surface area contributed by atoms with Crippen molar-refractivity contribution in [2.24, 2.45) is 0 Å². The monoisotopic (exact) mass is 1120 g/mol. The molecular weight excluding hydrogens is 990 g/mol. The predicted molar refractivity (Wildman–Crippen MR) is 335 cm³/mol. The molecule has 2 atom stereocenters. The van der Waals surface area contributed by atoms with Crippen LogP contribution < -0.4 is 0 Å². The molecule has 0 aromatic carbocycles. The summed E-state index contributed by atoms with van der Waals surface area (Å²) in [5.41, 5.74) is 0. The van der Waals surface area contributed by atoms with Crippen LogP contribution in [-0.2, 0) is 32.7 Å². The number of likely N-dealkylation sites (N-methyl/N-ethyl adjacent to an activating group) is 1. The number of nitrogens with zero attached hydrogens (tertiary/aromatic N) is 1. The average Bonchev–Trinajstić information content (AvgIpc) is 3.41. The fourth-order valence-electron chi connectivity index (χ4n) is 9.67. The Labute approximate surface area is 484 Å². The minimum Gasteiger partial charge on any atom is -0.462 e. The van der Waals surface area contributed by atoms with Gasteiger partial charge >= 0.3 is 19.8 Å². The first-order valence-corrected chi connectivity index (χ1v) is 34.9. The molecule has 0 aromatic rings. The number of rotatable bonds is 62. The molecule has 0 radical (unpaired) electrons. The Kier molecular flexibility index (Phi) is 58.0. The predicted octanol–water partition coefficient (Wildman–Crippen LogP) is 21.3. The van der Waals surface area contributed by atoms with Crippen molar-refractivity contribution in [2.75, 3.05) is 47.5 Å². The second kappa shape index (κ2) is 59.6. The quantitative estimate of drug-likeness (QED) is 0.0211. The van der Waals surface area contributed by atoms with Crippen LogP contribution in [0.15, 0.2) is 48.6 Å². The summed E-state index contributed by atoms with van der Waals surface area (Å²) in [4.78, 5) is 35.8. The van der Waals surface area contributed by atoms with Gasteiger partial charge in [-0.25, -0.2) is 4.57 Å². The molecule has 0 fully saturated rings. The van der Waals surface area contributed by atoms with Crippen molar-refractivity contribution >= 4 is 19.8 Å². The van der Waals surface area contributed by atoms with Crippen LogP contribution in [0, 0.1) is 0 Å². The Hall–Kier alpha value is -2.03. The minimum atomic E-state index is -4.39. The number of allylic oxidation sites excluding steroid dienone is 8. The van der Waals surface area contributed by atoms with Gasteiger partial charge in [0.2, 0.25) is 0 Å². The summed E-state index contributed by atoms with van der Waals surface area (Å²) >= 11 is 0. The lowest BCUT2D eigenvalue weighted by atomic mass is 10.0. The van der Waals surface area contributed by atoms with Gasteiger partial charge in [-0.15, -0.1) is 0 Å². The van der Waals surface area contributed by atoms with Crippen molar-refractivity contribution in [1.29, 1.82) is 0 Å². The molecule has 0 saturated carbocycles. The van der Waals surface area contributed by atoms with Crippen LogP contribution >= 0.6 is 7.82 Å². The number of phosphoric acid groups is 1. The van der Waals surface area contributed by atoms with Crippen LogP contribution in [-0.4, -0.2) is 74.9 Å². The Morgan fingerprint density at radius 1 is 0.397 bits per heavy atom. The molecule has 0 bridgehead atoms. The van der Waals surface area contributed by atoms with Crippen molar-refractivity contribution in [3.05, 3.63) is 48.6 Å². The number of hydrogen-bond acceptors (Lipinski definition) is 7. The van der Waals surface area contributed by atoms with E-state index in [4.69, 9.17) is 18.5 Å². The zero-order chi connectivity index (χ0) is 57.0. The van der Waals surface area contributed by atoms with Gasteiger partial charge in [0.05, 0.1) is 27.7 Å². The van der Waals surface area contributed by atoms with Crippen molar-refractivity contribution < 1.29 is 42.1 Å². The molecule has 1 N–H and O–H groups in total. The van der Waals surface area contributed by atoms with Crippen molar-refractivity contribution in [1.82, 2.24) is 0 Å². The van der Waals surface area contributed by atoms with Crippen LogP contribution in [0.1, 0.15) is 322 Å². The zero-order valence-electron chi connectivity index (χ0n) is 52.2. The third-order valence-electron chi connectivity index (χ3n) is 14.8. The number of phosphoric ester groups is 1. The third-order valence-corrected chi connectivity index (χ3v) is 15.8. The maximum atomic E-state index is 12.9. The maximum absolute atomic E-state index is 12.9. The fraction of sp³-hybridized carbons (Fsp3) is 0.853. The topological polar surface area (TPSA) is 108 Å². The number of hydrogen-bond donors (Lipinski definition) is 1. The normalized spacial score (nSPS) is 13.5. The largest absolute Gasteiger partial charge is 0.472 e. The molecule has 0 amide bonds. The van der Waals surface area contributed by atoms with Gasteiger partial charge in [0.15, 0.2) is 6.10 Å². The van der Waals surface area contributed by atoms with Crippen LogP contribution in [0.4, 0.5) is 0 Å². The second-order valence-electron chi connectivity index (χ2n) is 23.9. The van der Waals surface area contributed by atoms with Crippen LogP contribution in [0.5, 0.6) is 0 Å². The Bertz CT molecular complexity index is 1460. The molecule has 0 heterocycles. The van der Waals surface area contributed by atoms with Gasteiger partial charge in [0.25, 0.3) is 0 Å². The van der Waals surface area contributed by atoms with Gasteiger partial charge in [-0.05, 0) is 77.0 Å². The number of ether oxygens (including phenoxy) is 2. The van der Waals surface area contributed by atoms with E-state index in [-0.39, 0.29) is 25.6 Å². The van der Waals surface area contributed by atoms with E-state index >= 15 is 0 Å². The highest BCUT2D eigenvalue weighted by Gasteiger charge is 2.27. The van der Waals surface area contributed by atoms with Gasteiger partial charge < -0.3 is 18.9 Å². The molecule has 2 unspecified atom stereocenters. The summed E-state index contributed by atoms with van der Waals surface area (Å²) in [6.45, 7) is 4.47. The number of carbonyl (C=O) groups is 2. The second-order valence-corrected chi connectivity index (χ2v) is 25.3. The minimum absolute atomic E-state index is 0.0324. The molecule has 0 saturated heterocycles.